The Morgan fingerprint density at radius 2 is 2.29 bits per heavy atom. The highest BCUT2D eigenvalue weighted by atomic mass is 35.5. The Balaban J connectivity index is 2.80. The second-order valence-corrected chi connectivity index (χ2v) is 6.19. The summed E-state index contributed by atoms with van der Waals surface area (Å²) >= 11 is 8.65. The summed E-state index contributed by atoms with van der Waals surface area (Å²) < 4.78 is 4.53. The predicted molar refractivity (Wildman–Crippen MR) is 93.1 cm³/mol. The Morgan fingerprint density at radius 1 is 1.52 bits per heavy atom. The van der Waals surface area contributed by atoms with Crippen LogP contribution in [0.25, 0.3) is 0 Å². The van der Waals surface area contributed by atoms with E-state index in [1.54, 1.807) is 18.0 Å². The van der Waals surface area contributed by atoms with E-state index in [-0.39, 0.29) is 0 Å². The number of nitrogens with two attached hydrogens (primary N) is 1. The number of carbonyl (C=O) groups excluding carboxylic acids is 1. The number of nitrogens with one attached hydrogen (secondary N) is 1. The van der Waals surface area contributed by atoms with Gasteiger partial charge < -0.3 is 10.5 Å². The van der Waals surface area contributed by atoms with Crippen LogP contribution in [0.5, 0.6) is 0 Å². The van der Waals surface area contributed by atoms with Gasteiger partial charge in [0, 0.05) is 10.8 Å². The summed E-state index contributed by atoms with van der Waals surface area (Å²) in [6.07, 6.45) is 2.20. The topological polar surface area (TPSA) is 76.7 Å². The Kier molecular flexibility index (Phi) is 8.41. The van der Waals surface area contributed by atoms with Gasteiger partial charge in [-0.1, -0.05) is 11.8 Å². The average Bonchev–Trinajstić information content (AvgIpc) is 2.49. The van der Waals surface area contributed by atoms with E-state index < -0.39 is 6.09 Å². The molecule has 0 aliphatic heterocycles. The van der Waals surface area contributed by atoms with Gasteiger partial charge in [-0.15, -0.1) is 23.4 Å². The highest BCUT2D eigenvalue weighted by molar-refractivity contribution is 8.13. The molecule has 1 amide bonds. The Labute approximate surface area is 138 Å². The number of carbonyl (C=O) groups is 1. The second-order valence-electron chi connectivity index (χ2n) is 3.85. The number of alkyl carbamates (subject to hydrolysis) is 1. The first kappa shape index (κ1) is 18.0. The van der Waals surface area contributed by atoms with Crippen LogP contribution in [0, 0.1) is 0 Å². The number of aliphatic imine (C=N–C) groups is 1. The Hall–Kier alpha value is -1.05. The number of halogens is 1. The van der Waals surface area contributed by atoms with Crippen molar-refractivity contribution >= 4 is 57.8 Å². The minimum absolute atomic E-state index is 0.427. The van der Waals surface area contributed by atoms with Gasteiger partial charge in [0.25, 0.3) is 0 Å². The molecule has 0 saturated heterocycles. The molecule has 0 saturated carbocycles. The quantitative estimate of drug-likeness (QED) is 0.212. The number of ether oxygens (including phenoxy) is 1. The maximum absolute atomic E-state index is 11.2. The second kappa shape index (κ2) is 9.81. The van der Waals surface area contributed by atoms with Gasteiger partial charge in [0.1, 0.15) is 0 Å². The molecule has 8 heteroatoms. The van der Waals surface area contributed by atoms with E-state index in [0.29, 0.717) is 22.4 Å². The molecular formula is C13H18ClN3O2S2. The number of amidine groups is 1. The molecule has 0 aliphatic carbocycles. The zero-order valence-corrected chi connectivity index (χ0v) is 14.3. The molecule has 21 heavy (non-hydrogen) atoms. The molecule has 0 atom stereocenters. The van der Waals surface area contributed by atoms with Crippen LogP contribution in [0.3, 0.4) is 0 Å². The molecule has 1 aromatic rings. The molecule has 116 valence electrons. The fourth-order valence-electron chi connectivity index (χ4n) is 1.34. The van der Waals surface area contributed by atoms with Gasteiger partial charge in [-0.25, -0.2) is 9.79 Å². The third kappa shape index (κ3) is 6.50. The third-order valence-corrected chi connectivity index (χ3v) is 4.28. The van der Waals surface area contributed by atoms with Crippen LogP contribution in [0.15, 0.2) is 28.1 Å². The van der Waals surface area contributed by atoms with Crippen LogP contribution < -0.4 is 11.1 Å². The summed E-state index contributed by atoms with van der Waals surface area (Å²) in [5.41, 5.74) is 7.16. The van der Waals surface area contributed by atoms with Crippen LogP contribution in [-0.2, 0) is 4.74 Å². The van der Waals surface area contributed by atoms with Crippen molar-refractivity contribution in [2.24, 2.45) is 4.99 Å². The van der Waals surface area contributed by atoms with Crippen molar-refractivity contribution < 1.29 is 9.53 Å². The molecule has 1 aromatic carbocycles. The maximum Gasteiger partial charge on any atom is 0.412 e. The zero-order valence-electron chi connectivity index (χ0n) is 11.9. The number of anilines is 1. The number of amides is 1. The maximum atomic E-state index is 11.2. The van der Waals surface area contributed by atoms with Gasteiger partial charge in [0.05, 0.1) is 18.5 Å². The smallest absolute Gasteiger partial charge is 0.412 e. The summed E-state index contributed by atoms with van der Waals surface area (Å²) in [6.45, 7) is 0. The van der Waals surface area contributed by atoms with Crippen molar-refractivity contribution in [2.75, 3.05) is 30.7 Å². The van der Waals surface area contributed by atoms with Crippen molar-refractivity contribution in [3.8, 4) is 0 Å². The lowest BCUT2D eigenvalue weighted by atomic mass is 10.3. The molecule has 0 fully saturated rings. The minimum Gasteiger partial charge on any atom is -0.453 e. The van der Waals surface area contributed by atoms with Gasteiger partial charge in [-0.3, -0.25) is 5.32 Å². The molecular weight excluding hydrogens is 330 g/mol. The molecule has 0 bridgehead atoms. The molecule has 0 radical (unpaired) electrons. The summed E-state index contributed by atoms with van der Waals surface area (Å²) in [7, 11) is 1.30. The largest absolute Gasteiger partial charge is 0.453 e. The van der Waals surface area contributed by atoms with Gasteiger partial charge in [-0.05, 0) is 36.6 Å². The van der Waals surface area contributed by atoms with Crippen molar-refractivity contribution in [1.29, 1.82) is 0 Å². The standard InChI is InChI=1S/C13H18ClN3O2S2/c1-19-13(18)17-12(20-2)16-11-5-4-9(8-10(11)15)21-7-3-6-14/h4-5,8H,3,6-7,15H2,1-2H3,(H,16,17,18). The van der Waals surface area contributed by atoms with E-state index in [1.807, 2.05) is 18.2 Å². The van der Waals surface area contributed by atoms with Crippen molar-refractivity contribution in [1.82, 2.24) is 5.32 Å². The van der Waals surface area contributed by atoms with Gasteiger partial charge in [0.2, 0.25) is 0 Å². The van der Waals surface area contributed by atoms with Crippen LogP contribution in [0.4, 0.5) is 16.2 Å². The lowest BCUT2D eigenvalue weighted by Gasteiger charge is -2.08. The van der Waals surface area contributed by atoms with Gasteiger partial charge in [-0.2, -0.15) is 0 Å². The molecule has 0 heterocycles. The predicted octanol–water partition coefficient (Wildman–Crippen LogP) is 3.70. The lowest BCUT2D eigenvalue weighted by Crippen LogP contribution is -2.27. The van der Waals surface area contributed by atoms with Crippen LogP contribution >= 0.6 is 35.1 Å². The highest BCUT2D eigenvalue weighted by Gasteiger charge is 2.06. The number of benzene rings is 1. The number of hydrogen-bond acceptors (Lipinski definition) is 6. The van der Waals surface area contributed by atoms with E-state index >= 15 is 0 Å². The van der Waals surface area contributed by atoms with Gasteiger partial charge >= 0.3 is 6.09 Å². The molecule has 5 nitrogen and oxygen atoms in total. The van der Waals surface area contributed by atoms with Crippen LogP contribution in [0.2, 0.25) is 0 Å². The monoisotopic (exact) mass is 347 g/mol. The first-order valence-electron chi connectivity index (χ1n) is 6.16. The fraction of sp³-hybridized carbons (Fsp3) is 0.385. The number of methoxy groups -OCH3 is 1. The Bertz CT molecular complexity index is 512. The molecule has 3 N–H and O–H groups in total. The van der Waals surface area contributed by atoms with Crippen molar-refractivity contribution in [3.63, 3.8) is 0 Å². The number of alkyl halides is 1. The Morgan fingerprint density at radius 3 is 2.86 bits per heavy atom. The van der Waals surface area contributed by atoms with Crippen LogP contribution in [-0.4, -0.2) is 36.3 Å². The van der Waals surface area contributed by atoms with E-state index in [0.717, 1.165) is 17.1 Å². The fourth-order valence-corrected chi connectivity index (χ4v) is 2.91. The summed E-state index contributed by atoms with van der Waals surface area (Å²) in [5, 5.41) is 2.95. The highest BCUT2D eigenvalue weighted by Crippen LogP contribution is 2.29. The first-order chi connectivity index (χ1) is 10.1. The summed E-state index contributed by atoms with van der Waals surface area (Å²) in [6, 6.07) is 5.64. The average molecular weight is 348 g/mol. The number of hydrogen-bond donors (Lipinski definition) is 2. The first-order valence-corrected chi connectivity index (χ1v) is 8.91. The van der Waals surface area contributed by atoms with E-state index in [9.17, 15) is 4.79 Å². The number of nitrogens with zero attached hydrogens (tertiary/aromatic N) is 1. The van der Waals surface area contributed by atoms with E-state index in [4.69, 9.17) is 17.3 Å². The van der Waals surface area contributed by atoms with Crippen LogP contribution in [0.1, 0.15) is 6.42 Å². The zero-order chi connectivity index (χ0) is 15.7. The van der Waals surface area contributed by atoms with Crippen molar-refractivity contribution in [3.05, 3.63) is 18.2 Å². The molecule has 0 aromatic heterocycles. The van der Waals surface area contributed by atoms with Gasteiger partial charge in [0.15, 0.2) is 5.17 Å². The number of rotatable bonds is 5. The SMILES string of the molecule is COC(=O)NC(=Nc1ccc(SCCCCl)cc1N)SC. The number of thioether (sulfide) groups is 2. The third-order valence-electron chi connectivity index (χ3n) is 2.36. The molecule has 0 unspecified atom stereocenters. The summed E-state index contributed by atoms with van der Waals surface area (Å²) in [4.78, 5) is 16.6. The normalized spacial score (nSPS) is 11.3. The lowest BCUT2D eigenvalue weighted by molar-refractivity contribution is 0.177. The van der Waals surface area contributed by atoms with Crippen molar-refractivity contribution in [2.45, 2.75) is 11.3 Å². The molecule has 0 spiro atoms. The minimum atomic E-state index is -0.560. The summed E-state index contributed by atoms with van der Waals surface area (Å²) in [5.74, 6) is 1.60. The van der Waals surface area contributed by atoms with E-state index in [1.165, 1.54) is 18.9 Å². The number of nitrogen functional groups attached to an aromatic ring is 1. The van der Waals surface area contributed by atoms with E-state index in [2.05, 4.69) is 15.0 Å². The molecule has 0 aliphatic rings. The molecule has 1 rings (SSSR count).